The summed E-state index contributed by atoms with van der Waals surface area (Å²) < 4.78 is 12.0. The Morgan fingerprint density at radius 1 is 1.35 bits per heavy atom. The molecule has 0 aliphatic carbocycles. The Morgan fingerprint density at radius 3 is 2.88 bits per heavy atom. The van der Waals surface area contributed by atoms with Crippen molar-refractivity contribution in [1.29, 1.82) is 0 Å². The lowest BCUT2D eigenvalue weighted by atomic mass is 10.2. The Balaban J connectivity index is 2.01. The highest BCUT2D eigenvalue weighted by Gasteiger charge is 2.05. The average molecular weight is 267 g/mol. The number of para-hydroxylation sites is 1. The van der Waals surface area contributed by atoms with Crippen LogP contribution in [0.3, 0.4) is 0 Å². The minimum absolute atomic E-state index is 0.478. The monoisotopic (exact) mass is 267 g/mol. The maximum Gasteiger partial charge on any atom is 0.274 e. The van der Waals surface area contributed by atoms with E-state index in [2.05, 4.69) is 4.98 Å². The third kappa shape index (κ3) is 3.14. The molecule has 0 atom stereocenters. The molecule has 2 aromatic rings. The summed E-state index contributed by atoms with van der Waals surface area (Å²) in [5.41, 5.74) is 1.02. The molecule has 0 N–H and O–H groups in total. The first kappa shape index (κ1) is 12.3. The van der Waals surface area contributed by atoms with Crippen molar-refractivity contribution in [2.75, 3.05) is 13.4 Å². The molecule has 0 saturated carbocycles. The molecule has 0 amide bonds. The smallest absolute Gasteiger partial charge is 0.274 e. The molecule has 0 spiro atoms. The average Bonchev–Trinajstić information content (AvgIpc) is 2.84. The molecule has 17 heavy (non-hydrogen) atoms. The summed E-state index contributed by atoms with van der Waals surface area (Å²) in [5, 5.41) is 0.695. The van der Waals surface area contributed by atoms with Crippen LogP contribution in [-0.2, 0) is 6.61 Å². The minimum atomic E-state index is 0.478. The zero-order valence-electron chi connectivity index (χ0n) is 9.67. The van der Waals surface area contributed by atoms with Crippen molar-refractivity contribution in [2.45, 2.75) is 10.8 Å². The Bertz CT molecular complexity index is 485. The second-order valence-corrected chi connectivity index (χ2v) is 5.35. The number of thiazole rings is 1. The first-order valence-electron chi connectivity index (χ1n) is 5.08. The van der Waals surface area contributed by atoms with Crippen molar-refractivity contribution >= 4 is 23.1 Å². The second-order valence-electron chi connectivity index (χ2n) is 3.25. The number of nitrogens with zero attached hydrogens (tertiary/aromatic N) is 1. The highest BCUT2D eigenvalue weighted by atomic mass is 32.2. The van der Waals surface area contributed by atoms with Crippen molar-refractivity contribution in [3.05, 3.63) is 36.0 Å². The molecule has 2 rings (SSSR count). The fourth-order valence-electron chi connectivity index (χ4n) is 1.37. The van der Waals surface area contributed by atoms with Gasteiger partial charge in [0.2, 0.25) is 0 Å². The predicted octanol–water partition coefficient (Wildman–Crippen LogP) is 3.45. The van der Waals surface area contributed by atoms with E-state index in [0.29, 0.717) is 11.8 Å². The van der Waals surface area contributed by atoms with E-state index >= 15 is 0 Å². The fourth-order valence-corrected chi connectivity index (χ4v) is 2.57. The maximum atomic E-state index is 5.63. The van der Waals surface area contributed by atoms with Crippen LogP contribution in [0.5, 0.6) is 10.9 Å². The normalized spacial score (nSPS) is 10.2. The Labute approximate surface area is 109 Å². The Kier molecular flexibility index (Phi) is 4.28. The van der Waals surface area contributed by atoms with Crippen LogP contribution in [0, 0.1) is 0 Å². The van der Waals surface area contributed by atoms with E-state index in [0.717, 1.165) is 15.5 Å². The summed E-state index contributed by atoms with van der Waals surface area (Å²) in [5.74, 6) is 0.842. The summed E-state index contributed by atoms with van der Waals surface area (Å²) in [6.45, 7) is 0.478. The van der Waals surface area contributed by atoms with Gasteiger partial charge in [0.15, 0.2) is 0 Å². The predicted molar refractivity (Wildman–Crippen MR) is 71.2 cm³/mol. The van der Waals surface area contributed by atoms with Crippen LogP contribution in [0.4, 0.5) is 0 Å². The summed E-state index contributed by atoms with van der Waals surface area (Å²) in [6.07, 6.45) is 3.85. The van der Waals surface area contributed by atoms with Gasteiger partial charge in [0.25, 0.3) is 5.19 Å². The third-order valence-electron chi connectivity index (χ3n) is 2.21. The Hall–Kier alpha value is -1.20. The quantitative estimate of drug-likeness (QED) is 0.776. The van der Waals surface area contributed by atoms with E-state index in [9.17, 15) is 0 Å². The molecule has 1 aromatic carbocycles. The van der Waals surface area contributed by atoms with E-state index < -0.39 is 0 Å². The molecule has 0 fully saturated rings. The number of benzene rings is 1. The van der Waals surface area contributed by atoms with Crippen LogP contribution >= 0.6 is 23.1 Å². The van der Waals surface area contributed by atoms with Gasteiger partial charge in [-0.1, -0.05) is 29.5 Å². The summed E-state index contributed by atoms with van der Waals surface area (Å²) in [4.78, 5) is 4.19. The molecular formula is C12H13NO2S2. The van der Waals surface area contributed by atoms with Gasteiger partial charge in [-0.05, 0) is 12.3 Å². The lowest BCUT2D eigenvalue weighted by molar-refractivity contribution is 0.295. The van der Waals surface area contributed by atoms with Crippen molar-refractivity contribution in [1.82, 2.24) is 4.98 Å². The van der Waals surface area contributed by atoms with Gasteiger partial charge in [-0.15, -0.1) is 11.8 Å². The molecule has 0 unspecified atom stereocenters. The highest BCUT2D eigenvalue weighted by Crippen LogP contribution is 2.29. The summed E-state index contributed by atoms with van der Waals surface area (Å²) in [6, 6.07) is 7.82. The lowest BCUT2D eigenvalue weighted by Gasteiger charge is -2.07. The second kappa shape index (κ2) is 5.93. The van der Waals surface area contributed by atoms with Gasteiger partial charge in [-0.25, -0.2) is 4.98 Å². The van der Waals surface area contributed by atoms with Crippen molar-refractivity contribution < 1.29 is 9.47 Å². The van der Waals surface area contributed by atoms with Gasteiger partial charge in [-0.3, -0.25) is 0 Å². The van der Waals surface area contributed by atoms with Crippen LogP contribution in [0.25, 0.3) is 0 Å². The van der Waals surface area contributed by atoms with E-state index in [4.69, 9.17) is 9.47 Å². The number of ether oxygens (including phenoxy) is 2. The molecule has 0 bridgehead atoms. The number of hydrogen-bond acceptors (Lipinski definition) is 5. The number of methoxy groups -OCH3 is 1. The molecule has 1 aromatic heterocycles. The van der Waals surface area contributed by atoms with E-state index in [1.807, 2.05) is 36.7 Å². The zero-order valence-corrected chi connectivity index (χ0v) is 11.3. The fraction of sp³-hybridized carbons (Fsp3) is 0.250. The topological polar surface area (TPSA) is 31.4 Å². The van der Waals surface area contributed by atoms with Crippen molar-refractivity contribution in [3.63, 3.8) is 0 Å². The van der Waals surface area contributed by atoms with Crippen LogP contribution in [0.2, 0.25) is 0 Å². The van der Waals surface area contributed by atoms with Crippen LogP contribution in [0.15, 0.2) is 34.7 Å². The summed E-state index contributed by atoms with van der Waals surface area (Å²) in [7, 11) is 1.66. The number of aromatic nitrogens is 1. The molecule has 0 radical (unpaired) electrons. The molecular weight excluding hydrogens is 254 g/mol. The van der Waals surface area contributed by atoms with Gasteiger partial charge in [-0.2, -0.15) is 0 Å². The van der Waals surface area contributed by atoms with E-state index in [1.54, 1.807) is 30.2 Å². The van der Waals surface area contributed by atoms with E-state index in [1.165, 1.54) is 0 Å². The molecule has 0 saturated heterocycles. The van der Waals surface area contributed by atoms with E-state index in [-0.39, 0.29) is 0 Å². The van der Waals surface area contributed by atoms with Gasteiger partial charge in [0.05, 0.1) is 17.5 Å². The van der Waals surface area contributed by atoms with Crippen molar-refractivity contribution in [3.8, 4) is 10.9 Å². The van der Waals surface area contributed by atoms with Gasteiger partial charge in [0.1, 0.15) is 12.4 Å². The number of hydrogen-bond donors (Lipinski definition) is 0. The first-order valence-corrected chi connectivity index (χ1v) is 7.12. The SMILES string of the molecule is COc1ccccc1COc1ncc(SC)s1. The minimum Gasteiger partial charge on any atom is -0.496 e. The number of rotatable bonds is 5. The Morgan fingerprint density at radius 2 is 2.18 bits per heavy atom. The summed E-state index contributed by atoms with van der Waals surface area (Å²) >= 11 is 3.22. The lowest BCUT2D eigenvalue weighted by Crippen LogP contribution is -1.97. The van der Waals surface area contributed by atoms with Gasteiger partial charge in [0, 0.05) is 5.56 Å². The zero-order chi connectivity index (χ0) is 12.1. The molecule has 3 nitrogen and oxygen atoms in total. The first-order chi connectivity index (χ1) is 8.33. The van der Waals surface area contributed by atoms with Gasteiger partial charge < -0.3 is 9.47 Å². The molecule has 0 aliphatic heterocycles. The molecule has 90 valence electrons. The van der Waals surface area contributed by atoms with Crippen LogP contribution < -0.4 is 9.47 Å². The standard InChI is InChI=1S/C12H13NO2S2/c1-14-10-6-4-3-5-9(10)8-15-12-13-7-11(16-2)17-12/h3-7H,8H2,1-2H3. The van der Waals surface area contributed by atoms with Gasteiger partial charge >= 0.3 is 0 Å². The van der Waals surface area contributed by atoms with Crippen molar-refractivity contribution in [2.24, 2.45) is 0 Å². The van der Waals surface area contributed by atoms with Crippen LogP contribution in [-0.4, -0.2) is 18.3 Å². The maximum absolute atomic E-state index is 5.63. The number of thioether (sulfide) groups is 1. The molecule has 1 heterocycles. The molecule has 5 heteroatoms. The van der Waals surface area contributed by atoms with Crippen LogP contribution in [0.1, 0.15) is 5.56 Å². The third-order valence-corrected chi connectivity index (χ3v) is 4.17. The largest absolute Gasteiger partial charge is 0.496 e. The molecule has 0 aliphatic rings. The highest BCUT2D eigenvalue weighted by molar-refractivity contribution is 8.00.